The summed E-state index contributed by atoms with van der Waals surface area (Å²) in [5, 5.41) is 9.90. The predicted octanol–water partition coefficient (Wildman–Crippen LogP) is 2.77. The first-order chi connectivity index (χ1) is 7.59. The molecule has 0 unspecified atom stereocenters. The average molecular weight is 214 g/mol. The van der Waals surface area contributed by atoms with Gasteiger partial charge in [0.15, 0.2) is 0 Å². The van der Waals surface area contributed by atoms with Gasteiger partial charge in [0.1, 0.15) is 11.4 Å². The van der Waals surface area contributed by atoms with Crippen LogP contribution in [0.4, 0.5) is 0 Å². The van der Waals surface area contributed by atoms with Crippen molar-refractivity contribution in [1.82, 2.24) is 9.97 Å². The van der Waals surface area contributed by atoms with Crippen LogP contribution in [0.5, 0.6) is 5.75 Å². The van der Waals surface area contributed by atoms with Crippen LogP contribution in [-0.2, 0) is 0 Å². The average Bonchev–Trinajstić information content (AvgIpc) is 2.25. The van der Waals surface area contributed by atoms with E-state index in [1.54, 1.807) is 12.3 Å². The summed E-state index contributed by atoms with van der Waals surface area (Å²) < 4.78 is 0. The van der Waals surface area contributed by atoms with E-state index < -0.39 is 0 Å². The lowest BCUT2D eigenvalue weighted by molar-refractivity contribution is 0.474. The normalized spacial score (nSPS) is 10.4. The molecular formula is C13H14N2O. The van der Waals surface area contributed by atoms with E-state index in [1.165, 1.54) is 0 Å². The Morgan fingerprint density at radius 1 is 1.12 bits per heavy atom. The maximum atomic E-state index is 9.90. The maximum absolute atomic E-state index is 9.90. The first kappa shape index (κ1) is 10.6. The molecule has 0 fully saturated rings. The Kier molecular flexibility index (Phi) is 2.60. The molecule has 0 spiro atoms. The molecule has 3 nitrogen and oxygen atoms in total. The van der Waals surface area contributed by atoms with Crippen molar-refractivity contribution < 1.29 is 5.11 Å². The minimum absolute atomic E-state index is 0.208. The summed E-state index contributed by atoms with van der Waals surface area (Å²) in [4.78, 5) is 8.61. The highest BCUT2D eigenvalue weighted by molar-refractivity contribution is 5.68. The zero-order chi connectivity index (χ0) is 11.7. The molecule has 0 atom stereocenters. The SMILES string of the molecule is Cc1cc(O)c(-c2cccnc2C)nc1C. The van der Waals surface area contributed by atoms with Crippen molar-refractivity contribution in [3.63, 3.8) is 0 Å². The number of aromatic nitrogens is 2. The lowest BCUT2D eigenvalue weighted by Gasteiger charge is -2.09. The van der Waals surface area contributed by atoms with Crippen LogP contribution < -0.4 is 0 Å². The number of hydrogen-bond acceptors (Lipinski definition) is 3. The van der Waals surface area contributed by atoms with E-state index in [-0.39, 0.29) is 5.75 Å². The van der Waals surface area contributed by atoms with Gasteiger partial charge in [0, 0.05) is 23.1 Å². The second kappa shape index (κ2) is 3.93. The molecule has 0 aliphatic carbocycles. The minimum atomic E-state index is 0.208. The standard InChI is InChI=1S/C13H14N2O/c1-8-7-12(16)13(15-9(8)2)11-5-4-6-14-10(11)3/h4-7,16H,1-3H3. The molecule has 16 heavy (non-hydrogen) atoms. The summed E-state index contributed by atoms with van der Waals surface area (Å²) >= 11 is 0. The third-order valence-corrected chi connectivity index (χ3v) is 2.71. The fourth-order valence-electron chi connectivity index (χ4n) is 1.62. The number of pyridine rings is 2. The van der Waals surface area contributed by atoms with Gasteiger partial charge in [-0.25, -0.2) is 4.98 Å². The van der Waals surface area contributed by atoms with Crippen LogP contribution in [0, 0.1) is 20.8 Å². The maximum Gasteiger partial charge on any atom is 0.142 e. The number of rotatable bonds is 1. The highest BCUT2D eigenvalue weighted by Gasteiger charge is 2.10. The molecule has 1 N–H and O–H groups in total. The molecule has 2 aromatic rings. The molecule has 0 saturated heterocycles. The second-order valence-electron chi connectivity index (χ2n) is 3.89. The molecule has 0 aliphatic rings. The molecule has 3 heteroatoms. The highest BCUT2D eigenvalue weighted by Crippen LogP contribution is 2.29. The van der Waals surface area contributed by atoms with E-state index in [2.05, 4.69) is 9.97 Å². The van der Waals surface area contributed by atoms with Crippen molar-refractivity contribution in [3.8, 4) is 17.0 Å². The summed E-state index contributed by atoms with van der Waals surface area (Å²) in [7, 11) is 0. The first-order valence-electron chi connectivity index (χ1n) is 5.19. The monoisotopic (exact) mass is 214 g/mol. The van der Waals surface area contributed by atoms with Gasteiger partial charge in [0.25, 0.3) is 0 Å². The highest BCUT2D eigenvalue weighted by atomic mass is 16.3. The molecule has 2 aromatic heterocycles. The molecule has 0 amide bonds. The Labute approximate surface area is 94.8 Å². The molecule has 0 bridgehead atoms. The van der Waals surface area contributed by atoms with E-state index in [0.717, 1.165) is 22.5 Å². The van der Waals surface area contributed by atoms with Gasteiger partial charge in [0.2, 0.25) is 0 Å². The quantitative estimate of drug-likeness (QED) is 0.794. The molecule has 0 aliphatic heterocycles. The van der Waals surface area contributed by atoms with Gasteiger partial charge in [-0.15, -0.1) is 0 Å². The summed E-state index contributed by atoms with van der Waals surface area (Å²) in [6.07, 6.45) is 1.73. The molecule has 2 heterocycles. The predicted molar refractivity (Wildman–Crippen MR) is 63.3 cm³/mol. The largest absolute Gasteiger partial charge is 0.506 e. The van der Waals surface area contributed by atoms with Crippen LogP contribution in [0.25, 0.3) is 11.3 Å². The fourth-order valence-corrected chi connectivity index (χ4v) is 1.62. The lowest BCUT2D eigenvalue weighted by atomic mass is 10.1. The van der Waals surface area contributed by atoms with Crippen LogP contribution in [0.1, 0.15) is 17.0 Å². The summed E-state index contributed by atoms with van der Waals surface area (Å²) in [5.74, 6) is 0.208. The fraction of sp³-hybridized carbons (Fsp3) is 0.231. The van der Waals surface area contributed by atoms with E-state index in [1.807, 2.05) is 32.9 Å². The lowest BCUT2D eigenvalue weighted by Crippen LogP contribution is -1.94. The number of aromatic hydroxyl groups is 1. The van der Waals surface area contributed by atoms with Gasteiger partial charge in [-0.3, -0.25) is 4.98 Å². The van der Waals surface area contributed by atoms with E-state index in [9.17, 15) is 5.11 Å². The van der Waals surface area contributed by atoms with Crippen LogP contribution >= 0.6 is 0 Å². The molecular weight excluding hydrogens is 200 g/mol. The van der Waals surface area contributed by atoms with Gasteiger partial charge in [-0.1, -0.05) is 0 Å². The van der Waals surface area contributed by atoms with Gasteiger partial charge >= 0.3 is 0 Å². The smallest absolute Gasteiger partial charge is 0.142 e. The zero-order valence-corrected chi connectivity index (χ0v) is 9.65. The molecule has 0 saturated carbocycles. The Balaban J connectivity index is 2.65. The minimum Gasteiger partial charge on any atom is -0.506 e. The van der Waals surface area contributed by atoms with Crippen molar-refractivity contribution in [3.05, 3.63) is 41.3 Å². The van der Waals surface area contributed by atoms with Crippen molar-refractivity contribution in [2.45, 2.75) is 20.8 Å². The van der Waals surface area contributed by atoms with Crippen molar-refractivity contribution >= 4 is 0 Å². The van der Waals surface area contributed by atoms with Gasteiger partial charge in [-0.2, -0.15) is 0 Å². The summed E-state index contributed by atoms with van der Waals surface area (Å²) in [6, 6.07) is 5.50. The van der Waals surface area contributed by atoms with Gasteiger partial charge in [0.05, 0.1) is 0 Å². The van der Waals surface area contributed by atoms with Crippen molar-refractivity contribution in [1.29, 1.82) is 0 Å². The second-order valence-corrected chi connectivity index (χ2v) is 3.89. The summed E-state index contributed by atoms with van der Waals surface area (Å²) in [6.45, 7) is 5.78. The van der Waals surface area contributed by atoms with E-state index >= 15 is 0 Å². The third-order valence-electron chi connectivity index (χ3n) is 2.71. The first-order valence-corrected chi connectivity index (χ1v) is 5.19. The zero-order valence-electron chi connectivity index (χ0n) is 9.65. The van der Waals surface area contributed by atoms with Crippen molar-refractivity contribution in [2.75, 3.05) is 0 Å². The van der Waals surface area contributed by atoms with Crippen LogP contribution in [0.3, 0.4) is 0 Å². The molecule has 0 aromatic carbocycles. The van der Waals surface area contributed by atoms with Crippen LogP contribution in [0.15, 0.2) is 24.4 Å². The molecule has 82 valence electrons. The Morgan fingerprint density at radius 3 is 2.56 bits per heavy atom. The van der Waals surface area contributed by atoms with Gasteiger partial charge in [-0.05, 0) is 44.5 Å². The third kappa shape index (κ3) is 1.76. The Bertz CT molecular complexity index is 535. The molecule has 2 rings (SSSR count). The molecule has 0 radical (unpaired) electrons. The van der Waals surface area contributed by atoms with Crippen LogP contribution in [0.2, 0.25) is 0 Å². The number of hydrogen-bond donors (Lipinski definition) is 1. The van der Waals surface area contributed by atoms with E-state index in [4.69, 9.17) is 0 Å². The Morgan fingerprint density at radius 2 is 1.88 bits per heavy atom. The summed E-state index contributed by atoms with van der Waals surface area (Å²) in [5.41, 5.74) is 4.27. The van der Waals surface area contributed by atoms with Gasteiger partial charge < -0.3 is 5.11 Å². The van der Waals surface area contributed by atoms with Crippen LogP contribution in [-0.4, -0.2) is 15.1 Å². The Hall–Kier alpha value is -1.90. The van der Waals surface area contributed by atoms with E-state index in [0.29, 0.717) is 5.69 Å². The topological polar surface area (TPSA) is 46.0 Å². The van der Waals surface area contributed by atoms with Crippen molar-refractivity contribution in [2.24, 2.45) is 0 Å². The number of aryl methyl sites for hydroxylation is 3. The number of nitrogens with zero attached hydrogens (tertiary/aromatic N) is 2.